The van der Waals surface area contributed by atoms with Crippen LogP contribution in [0.3, 0.4) is 0 Å². The van der Waals surface area contributed by atoms with Gasteiger partial charge >= 0.3 is 0 Å². The summed E-state index contributed by atoms with van der Waals surface area (Å²) in [4.78, 5) is 16.0. The maximum atomic E-state index is 11.9. The largest absolute Gasteiger partial charge is 0.351 e. The van der Waals surface area contributed by atoms with Gasteiger partial charge in [0.05, 0.1) is 12.4 Å². The van der Waals surface area contributed by atoms with Crippen molar-refractivity contribution >= 4 is 5.91 Å². The summed E-state index contributed by atoms with van der Waals surface area (Å²) in [7, 11) is 0. The number of carbonyl (C=O) groups excluding carboxylic acids is 1. The van der Waals surface area contributed by atoms with E-state index in [1.54, 1.807) is 12.5 Å². The van der Waals surface area contributed by atoms with Gasteiger partial charge in [0.25, 0.3) is 0 Å². The molecular weight excluding hydrogens is 240 g/mol. The number of amides is 1. The van der Waals surface area contributed by atoms with Crippen LogP contribution in [0.5, 0.6) is 0 Å². The highest BCUT2D eigenvalue weighted by Gasteiger charge is 2.26. The number of carbonyl (C=O) groups is 1. The van der Waals surface area contributed by atoms with Gasteiger partial charge in [0.1, 0.15) is 0 Å². The lowest BCUT2D eigenvalue weighted by atomic mass is 9.86. The molecule has 0 saturated carbocycles. The maximum absolute atomic E-state index is 11.9. The molecule has 0 aliphatic heterocycles. The molecular formula is C14H26N4O. The zero-order chi connectivity index (χ0) is 14.3. The van der Waals surface area contributed by atoms with Crippen LogP contribution in [0, 0.1) is 5.41 Å². The molecule has 0 aliphatic rings. The van der Waals surface area contributed by atoms with Crippen LogP contribution < -0.4 is 11.1 Å². The van der Waals surface area contributed by atoms with E-state index in [1.807, 2.05) is 10.8 Å². The molecule has 0 aliphatic carbocycles. The molecule has 1 rings (SSSR count). The number of hydrogen-bond acceptors (Lipinski definition) is 3. The number of nitrogens with zero attached hydrogens (tertiary/aromatic N) is 2. The van der Waals surface area contributed by atoms with Crippen molar-refractivity contribution in [2.75, 3.05) is 6.54 Å². The van der Waals surface area contributed by atoms with Crippen LogP contribution in [0.2, 0.25) is 0 Å². The number of aromatic nitrogens is 2. The Morgan fingerprint density at radius 3 is 2.68 bits per heavy atom. The predicted octanol–water partition coefficient (Wildman–Crippen LogP) is 1.54. The minimum Gasteiger partial charge on any atom is -0.351 e. The molecule has 1 aromatic heterocycles. The molecule has 1 amide bonds. The Hall–Kier alpha value is -1.36. The molecule has 0 bridgehead atoms. The van der Waals surface area contributed by atoms with Gasteiger partial charge in [0.15, 0.2) is 0 Å². The fraction of sp³-hybridized carbons (Fsp3) is 0.714. The fourth-order valence-corrected chi connectivity index (χ4v) is 1.84. The van der Waals surface area contributed by atoms with Crippen LogP contribution in [-0.4, -0.2) is 28.0 Å². The second-order valence-electron chi connectivity index (χ2n) is 5.99. The SMILES string of the molecule is CC(C)(C)C(Cn1ccnc1)NC(=O)CCCCN. The highest BCUT2D eigenvalue weighted by Crippen LogP contribution is 2.21. The number of nitrogens with two attached hydrogens (primary N) is 1. The Kier molecular flexibility index (Phi) is 6.02. The highest BCUT2D eigenvalue weighted by molar-refractivity contribution is 5.76. The van der Waals surface area contributed by atoms with Gasteiger partial charge in [-0.25, -0.2) is 4.98 Å². The van der Waals surface area contributed by atoms with Crippen LogP contribution >= 0.6 is 0 Å². The van der Waals surface area contributed by atoms with Crippen LogP contribution in [0.1, 0.15) is 40.0 Å². The van der Waals surface area contributed by atoms with E-state index in [0.717, 1.165) is 19.4 Å². The first kappa shape index (κ1) is 15.7. The van der Waals surface area contributed by atoms with Crippen molar-refractivity contribution < 1.29 is 4.79 Å². The smallest absolute Gasteiger partial charge is 0.220 e. The van der Waals surface area contributed by atoms with Gasteiger partial charge in [-0.15, -0.1) is 0 Å². The molecule has 0 radical (unpaired) electrons. The molecule has 1 aromatic rings. The van der Waals surface area contributed by atoms with Gasteiger partial charge < -0.3 is 15.6 Å². The summed E-state index contributed by atoms with van der Waals surface area (Å²) in [6.45, 7) is 7.79. The van der Waals surface area contributed by atoms with Crippen molar-refractivity contribution in [3.8, 4) is 0 Å². The first-order chi connectivity index (χ1) is 8.93. The van der Waals surface area contributed by atoms with E-state index >= 15 is 0 Å². The topological polar surface area (TPSA) is 72.9 Å². The second kappa shape index (κ2) is 7.28. The van der Waals surface area contributed by atoms with E-state index in [0.29, 0.717) is 13.0 Å². The van der Waals surface area contributed by atoms with E-state index in [9.17, 15) is 4.79 Å². The lowest BCUT2D eigenvalue weighted by Gasteiger charge is -2.31. The summed E-state index contributed by atoms with van der Waals surface area (Å²) in [5, 5.41) is 3.13. The molecule has 1 unspecified atom stereocenters. The number of unbranched alkanes of at least 4 members (excludes halogenated alkanes) is 1. The van der Waals surface area contributed by atoms with Crippen molar-refractivity contribution in [2.45, 2.75) is 52.6 Å². The van der Waals surface area contributed by atoms with E-state index in [4.69, 9.17) is 5.73 Å². The molecule has 0 fully saturated rings. The second-order valence-corrected chi connectivity index (χ2v) is 5.99. The highest BCUT2D eigenvalue weighted by atomic mass is 16.1. The predicted molar refractivity (Wildman–Crippen MR) is 76.5 cm³/mol. The molecule has 0 saturated heterocycles. The number of nitrogens with one attached hydrogen (secondary N) is 1. The molecule has 108 valence electrons. The quantitative estimate of drug-likeness (QED) is 0.735. The zero-order valence-corrected chi connectivity index (χ0v) is 12.2. The van der Waals surface area contributed by atoms with Crippen LogP contribution in [-0.2, 0) is 11.3 Å². The summed E-state index contributed by atoms with van der Waals surface area (Å²) in [6.07, 6.45) is 7.74. The van der Waals surface area contributed by atoms with Gasteiger partial charge in [0, 0.05) is 25.4 Å². The lowest BCUT2D eigenvalue weighted by Crippen LogP contribution is -2.46. The van der Waals surface area contributed by atoms with Crippen molar-refractivity contribution in [3.63, 3.8) is 0 Å². The molecule has 1 atom stereocenters. The van der Waals surface area contributed by atoms with E-state index < -0.39 is 0 Å². The molecule has 5 heteroatoms. The van der Waals surface area contributed by atoms with Crippen molar-refractivity contribution in [2.24, 2.45) is 11.1 Å². The average molecular weight is 266 g/mol. The molecule has 0 aromatic carbocycles. The van der Waals surface area contributed by atoms with Crippen LogP contribution in [0.15, 0.2) is 18.7 Å². The minimum absolute atomic E-state index is 0.00774. The Morgan fingerprint density at radius 2 is 2.16 bits per heavy atom. The fourth-order valence-electron chi connectivity index (χ4n) is 1.84. The monoisotopic (exact) mass is 266 g/mol. The Morgan fingerprint density at radius 1 is 1.42 bits per heavy atom. The third kappa shape index (κ3) is 5.87. The molecule has 5 nitrogen and oxygen atoms in total. The lowest BCUT2D eigenvalue weighted by molar-refractivity contribution is -0.122. The van der Waals surface area contributed by atoms with E-state index in [-0.39, 0.29) is 17.4 Å². The van der Waals surface area contributed by atoms with Gasteiger partial charge in [-0.2, -0.15) is 0 Å². The van der Waals surface area contributed by atoms with Gasteiger partial charge in [-0.05, 0) is 24.8 Å². The summed E-state index contributed by atoms with van der Waals surface area (Å²) in [5.74, 6) is 0.105. The van der Waals surface area contributed by atoms with Crippen molar-refractivity contribution in [3.05, 3.63) is 18.7 Å². The molecule has 3 N–H and O–H groups in total. The van der Waals surface area contributed by atoms with Crippen molar-refractivity contribution in [1.29, 1.82) is 0 Å². The Bertz CT molecular complexity index is 367. The summed E-state index contributed by atoms with van der Waals surface area (Å²) in [6, 6.07) is 0.0899. The standard InChI is InChI=1S/C14H26N4O/c1-14(2,3)12(10-18-9-8-16-11-18)17-13(19)6-4-5-7-15/h8-9,11-12H,4-7,10,15H2,1-3H3,(H,17,19). The normalized spacial score (nSPS) is 13.3. The van der Waals surface area contributed by atoms with E-state index in [1.165, 1.54) is 0 Å². The third-order valence-electron chi connectivity index (χ3n) is 3.19. The van der Waals surface area contributed by atoms with Gasteiger partial charge in [-0.1, -0.05) is 20.8 Å². The first-order valence-corrected chi connectivity index (χ1v) is 6.88. The number of imidazole rings is 1. The molecule has 0 spiro atoms. The summed E-state index contributed by atoms with van der Waals surface area (Å²) < 4.78 is 2.00. The van der Waals surface area contributed by atoms with Crippen LogP contribution in [0.25, 0.3) is 0 Å². The molecule has 1 heterocycles. The minimum atomic E-state index is 0.00774. The number of rotatable bonds is 7. The third-order valence-corrected chi connectivity index (χ3v) is 3.19. The van der Waals surface area contributed by atoms with Crippen LogP contribution in [0.4, 0.5) is 0 Å². The zero-order valence-electron chi connectivity index (χ0n) is 12.2. The van der Waals surface area contributed by atoms with Crippen molar-refractivity contribution in [1.82, 2.24) is 14.9 Å². The first-order valence-electron chi connectivity index (χ1n) is 6.88. The van der Waals surface area contributed by atoms with Gasteiger partial charge in [0.2, 0.25) is 5.91 Å². The van der Waals surface area contributed by atoms with Gasteiger partial charge in [-0.3, -0.25) is 4.79 Å². The molecule has 19 heavy (non-hydrogen) atoms. The van der Waals surface area contributed by atoms with E-state index in [2.05, 4.69) is 31.1 Å². The summed E-state index contributed by atoms with van der Waals surface area (Å²) >= 11 is 0. The summed E-state index contributed by atoms with van der Waals surface area (Å²) in [5.41, 5.74) is 5.44. The Balaban J connectivity index is 2.53. The Labute approximate surface area is 115 Å². The maximum Gasteiger partial charge on any atom is 0.220 e. The average Bonchev–Trinajstić information content (AvgIpc) is 2.80. The number of hydrogen-bond donors (Lipinski definition) is 2.